The first-order valence-electron chi connectivity index (χ1n) is 10.1. The Morgan fingerprint density at radius 1 is 1.18 bits per heavy atom. The number of benzene rings is 2. The summed E-state index contributed by atoms with van der Waals surface area (Å²) in [5.74, 6) is -0.925. The number of thiophene rings is 1. The molecule has 3 aromatic rings. The molecule has 0 spiro atoms. The second-order valence-electron chi connectivity index (χ2n) is 6.85. The molecule has 1 aromatic heterocycles. The molecule has 11 heteroatoms. The van der Waals surface area contributed by atoms with Gasteiger partial charge in [0.15, 0.2) is 17.2 Å². The van der Waals surface area contributed by atoms with Crippen molar-refractivity contribution in [2.75, 3.05) is 25.6 Å². The molecule has 0 aliphatic rings. The Hall–Kier alpha value is -3.44. The lowest BCUT2D eigenvalue weighted by atomic mass is 10.1. The van der Waals surface area contributed by atoms with Crippen LogP contribution in [0.3, 0.4) is 0 Å². The van der Waals surface area contributed by atoms with Crippen molar-refractivity contribution in [2.45, 2.75) is 13.5 Å². The van der Waals surface area contributed by atoms with Gasteiger partial charge in [0.2, 0.25) is 0 Å². The number of nitro groups is 1. The normalized spacial score (nSPS) is 10.4. The zero-order chi connectivity index (χ0) is 24.7. The van der Waals surface area contributed by atoms with E-state index < -0.39 is 16.9 Å². The Morgan fingerprint density at radius 2 is 1.94 bits per heavy atom. The van der Waals surface area contributed by atoms with Crippen LogP contribution in [0.2, 0.25) is 0 Å². The molecular formula is C23H21BrN2O7S. The van der Waals surface area contributed by atoms with Crippen LogP contribution in [0.15, 0.2) is 53.0 Å². The summed E-state index contributed by atoms with van der Waals surface area (Å²) in [6.45, 7) is 1.99. The maximum absolute atomic E-state index is 12.3. The quantitative estimate of drug-likeness (QED) is 0.202. The van der Waals surface area contributed by atoms with Crippen molar-refractivity contribution in [3.8, 4) is 16.2 Å². The molecule has 0 aliphatic heterocycles. The second kappa shape index (κ2) is 11.6. The lowest BCUT2D eigenvalue weighted by Gasteiger charge is -2.09. The second-order valence-corrected chi connectivity index (χ2v) is 8.66. The molecule has 0 atom stereocenters. The van der Waals surface area contributed by atoms with E-state index in [2.05, 4.69) is 21.2 Å². The van der Waals surface area contributed by atoms with Gasteiger partial charge < -0.3 is 19.5 Å². The van der Waals surface area contributed by atoms with Crippen LogP contribution in [0.25, 0.3) is 10.4 Å². The third-order valence-corrected chi connectivity index (χ3v) is 6.78. The third-order valence-electron chi connectivity index (χ3n) is 4.56. The number of non-ortho nitro benzene ring substituents is 1. The fraction of sp³-hybridized carbons (Fsp3) is 0.217. The summed E-state index contributed by atoms with van der Waals surface area (Å²) in [7, 11) is 1.27. The minimum absolute atomic E-state index is 0.00644. The number of anilines is 1. The van der Waals surface area contributed by atoms with Crippen LogP contribution in [-0.2, 0) is 20.8 Å². The van der Waals surface area contributed by atoms with Gasteiger partial charge in [-0.15, -0.1) is 11.3 Å². The zero-order valence-electron chi connectivity index (χ0n) is 18.3. The number of nitro benzene ring substituents is 1. The van der Waals surface area contributed by atoms with Gasteiger partial charge in [-0.05, 0) is 46.1 Å². The lowest BCUT2D eigenvalue weighted by molar-refractivity contribution is -0.384. The van der Waals surface area contributed by atoms with Gasteiger partial charge in [-0.1, -0.05) is 24.3 Å². The van der Waals surface area contributed by atoms with Crippen LogP contribution in [0.5, 0.6) is 5.75 Å². The summed E-state index contributed by atoms with van der Waals surface area (Å²) in [5, 5.41) is 14.2. The third kappa shape index (κ3) is 6.12. The molecule has 34 heavy (non-hydrogen) atoms. The number of nitrogens with one attached hydrogen (secondary N) is 1. The van der Waals surface area contributed by atoms with Gasteiger partial charge in [0.25, 0.3) is 5.69 Å². The molecule has 0 bridgehead atoms. The van der Waals surface area contributed by atoms with E-state index in [1.165, 1.54) is 30.6 Å². The van der Waals surface area contributed by atoms with E-state index in [1.807, 2.05) is 24.3 Å². The van der Waals surface area contributed by atoms with Crippen LogP contribution in [0, 0.1) is 10.1 Å². The number of rotatable bonds is 10. The number of ether oxygens (including phenoxy) is 3. The number of carbonyl (C=O) groups is 2. The van der Waals surface area contributed by atoms with Crippen molar-refractivity contribution in [2.24, 2.45) is 0 Å². The first kappa shape index (κ1) is 25.2. The molecule has 1 heterocycles. The van der Waals surface area contributed by atoms with Crippen LogP contribution in [-0.4, -0.2) is 37.2 Å². The summed E-state index contributed by atoms with van der Waals surface area (Å²) in [5.41, 5.74) is 2.36. The average molecular weight is 549 g/mol. The van der Waals surface area contributed by atoms with Crippen molar-refractivity contribution in [3.05, 3.63) is 73.6 Å². The van der Waals surface area contributed by atoms with Crippen LogP contribution in [0.1, 0.15) is 22.2 Å². The first-order valence-corrected chi connectivity index (χ1v) is 11.7. The Bertz CT molecular complexity index is 1210. The van der Waals surface area contributed by atoms with E-state index in [0.29, 0.717) is 16.7 Å². The van der Waals surface area contributed by atoms with Crippen molar-refractivity contribution in [1.82, 2.24) is 0 Å². The highest BCUT2D eigenvalue weighted by Crippen LogP contribution is 2.46. The van der Waals surface area contributed by atoms with Crippen molar-refractivity contribution >= 4 is 50.6 Å². The summed E-state index contributed by atoms with van der Waals surface area (Å²) in [6.07, 6.45) is 0. The summed E-state index contributed by atoms with van der Waals surface area (Å²) in [4.78, 5) is 35.5. The van der Waals surface area contributed by atoms with Crippen molar-refractivity contribution < 1.29 is 28.7 Å². The number of methoxy groups -OCH3 is 1. The largest absolute Gasteiger partial charge is 0.479 e. The fourth-order valence-electron chi connectivity index (χ4n) is 3.03. The van der Waals surface area contributed by atoms with E-state index >= 15 is 0 Å². The summed E-state index contributed by atoms with van der Waals surface area (Å²) >= 11 is 4.66. The predicted octanol–water partition coefficient (Wildman–Crippen LogP) is 5.43. The van der Waals surface area contributed by atoms with Gasteiger partial charge in [-0.25, -0.2) is 9.59 Å². The molecular weight excluding hydrogens is 528 g/mol. The van der Waals surface area contributed by atoms with E-state index in [-0.39, 0.29) is 29.5 Å². The standard InChI is InChI=1S/C23H21BrN2O7S/c1-3-32-18(27)13-33-20-19(24)21(34-22(20)23(28)31-2)15-7-4-6-14(10-15)12-25-16-8-5-9-17(11-16)26(29)30/h4-11,25H,3,12-13H2,1-2H3. The molecule has 0 amide bonds. The molecule has 0 aliphatic carbocycles. The zero-order valence-corrected chi connectivity index (χ0v) is 20.7. The fourth-order valence-corrected chi connectivity index (χ4v) is 4.99. The molecule has 1 N–H and O–H groups in total. The number of hydrogen-bond donors (Lipinski definition) is 1. The maximum atomic E-state index is 12.3. The highest BCUT2D eigenvalue weighted by molar-refractivity contribution is 9.10. The Labute approximate surface area is 207 Å². The minimum Gasteiger partial charge on any atom is -0.479 e. The number of carbonyl (C=O) groups excluding carboxylic acids is 2. The molecule has 0 unspecified atom stereocenters. The van der Waals surface area contributed by atoms with Crippen LogP contribution < -0.4 is 10.1 Å². The van der Waals surface area contributed by atoms with Gasteiger partial charge in [0.05, 0.1) is 28.0 Å². The van der Waals surface area contributed by atoms with Gasteiger partial charge in [-0.2, -0.15) is 0 Å². The van der Waals surface area contributed by atoms with E-state index in [1.54, 1.807) is 19.1 Å². The molecule has 0 saturated carbocycles. The van der Waals surface area contributed by atoms with E-state index in [9.17, 15) is 19.7 Å². The highest BCUT2D eigenvalue weighted by Gasteiger charge is 2.25. The number of nitrogens with zero attached hydrogens (tertiary/aromatic N) is 1. The molecule has 9 nitrogen and oxygen atoms in total. The number of hydrogen-bond acceptors (Lipinski definition) is 9. The molecule has 2 aromatic carbocycles. The van der Waals surface area contributed by atoms with E-state index in [0.717, 1.165) is 16.0 Å². The monoisotopic (exact) mass is 548 g/mol. The van der Waals surface area contributed by atoms with Crippen LogP contribution in [0.4, 0.5) is 11.4 Å². The summed E-state index contributed by atoms with van der Waals surface area (Å²) in [6, 6.07) is 13.9. The van der Waals surface area contributed by atoms with Crippen molar-refractivity contribution in [3.63, 3.8) is 0 Å². The van der Waals surface area contributed by atoms with Gasteiger partial charge in [-0.3, -0.25) is 10.1 Å². The topological polar surface area (TPSA) is 117 Å². The number of halogens is 1. The SMILES string of the molecule is CCOC(=O)COc1c(C(=O)OC)sc(-c2cccc(CNc3cccc([N+](=O)[O-])c3)c2)c1Br. The van der Waals surface area contributed by atoms with E-state index in [4.69, 9.17) is 14.2 Å². The molecule has 0 radical (unpaired) electrons. The lowest BCUT2D eigenvalue weighted by Crippen LogP contribution is -2.15. The van der Waals surface area contributed by atoms with Gasteiger partial charge in [0, 0.05) is 24.4 Å². The highest BCUT2D eigenvalue weighted by atomic mass is 79.9. The minimum atomic E-state index is -0.584. The number of esters is 2. The Morgan fingerprint density at radius 3 is 2.65 bits per heavy atom. The average Bonchev–Trinajstić information content (AvgIpc) is 3.17. The Balaban J connectivity index is 1.84. The molecule has 178 valence electrons. The first-order chi connectivity index (χ1) is 16.3. The van der Waals surface area contributed by atoms with Crippen LogP contribution >= 0.6 is 27.3 Å². The molecule has 0 fully saturated rings. The summed E-state index contributed by atoms with van der Waals surface area (Å²) < 4.78 is 15.9. The smallest absolute Gasteiger partial charge is 0.351 e. The maximum Gasteiger partial charge on any atom is 0.351 e. The molecule has 3 rings (SSSR count). The Kier molecular flexibility index (Phi) is 8.61. The predicted molar refractivity (Wildman–Crippen MR) is 131 cm³/mol. The van der Waals surface area contributed by atoms with Gasteiger partial charge >= 0.3 is 11.9 Å². The van der Waals surface area contributed by atoms with Crippen molar-refractivity contribution in [1.29, 1.82) is 0 Å². The van der Waals surface area contributed by atoms with Gasteiger partial charge in [0.1, 0.15) is 0 Å². The molecule has 0 saturated heterocycles.